The maximum atomic E-state index is 12.3. The minimum Gasteiger partial charge on any atom is -0.496 e. The van der Waals surface area contributed by atoms with Crippen LogP contribution in [0.2, 0.25) is 5.02 Å². The monoisotopic (exact) mass is 373 g/mol. The third-order valence-corrected chi connectivity index (χ3v) is 4.85. The molecule has 0 radical (unpaired) electrons. The summed E-state index contributed by atoms with van der Waals surface area (Å²) in [5.74, 6) is 0.849. The van der Waals surface area contributed by atoms with Gasteiger partial charge in [0.2, 0.25) is 0 Å². The molecule has 1 aliphatic heterocycles. The summed E-state index contributed by atoms with van der Waals surface area (Å²) in [6.07, 6.45) is 2.36. The molecule has 0 aliphatic carbocycles. The average molecular weight is 374 g/mol. The number of rotatable bonds is 6. The standard InChI is InChI=1S/C20H24ClN3O2/c1-26-19-10-3-2-9-17(19)18(24-11-4-5-12-24)14-22-20(25)23-16-8-6-7-15(21)13-16/h2-3,6-10,13,18H,4-5,11-12,14H2,1H3,(H2,22,23,25). The second-order valence-corrected chi connectivity index (χ2v) is 6.78. The zero-order chi connectivity index (χ0) is 18.4. The molecule has 3 rings (SSSR count). The lowest BCUT2D eigenvalue weighted by atomic mass is 10.0. The molecule has 0 aromatic heterocycles. The molecule has 0 saturated carbocycles. The third-order valence-electron chi connectivity index (χ3n) is 4.62. The topological polar surface area (TPSA) is 53.6 Å². The van der Waals surface area contributed by atoms with Gasteiger partial charge in [-0.2, -0.15) is 0 Å². The van der Waals surface area contributed by atoms with Crippen molar-refractivity contribution in [2.45, 2.75) is 18.9 Å². The Morgan fingerprint density at radius 2 is 1.96 bits per heavy atom. The molecule has 26 heavy (non-hydrogen) atoms. The number of para-hydroxylation sites is 1. The number of ether oxygens (including phenoxy) is 1. The van der Waals surface area contributed by atoms with Crippen LogP contribution in [0.1, 0.15) is 24.4 Å². The predicted octanol–water partition coefficient (Wildman–Crippen LogP) is 4.31. The molecule has 2 aromatic rings. The number of benzene rings is 2. The Morgan fingerprint density at radius 1 is 1.19 bits per heavy atom. The van der Waals surface area contributed by atoms with Gasteiger partial charge >= 0.3 is 6.03 Å². The number of anilines is 1. The lowest BCUT2D eigenvalue weighted by molar-refractivity contribution is 0.224. The molecule has 1 aliphatic rings. The molecule has 0 spiro atoms. The Kier molecular flexibility index (Phi) is 6.36. The molecule has 2 aromatic carbocycles. The fraction of sp³-hybridized carbons (Fsp3) is 0.350. The van der Waals surface area contributed by atoms with Crippen LogP contribution >= 0.6 is 11.6 Å². The molecule has 2 amide bonds. The number of nitrogens with one attached hydrogen (secondary N) is 2. The van der Waals surface area contributed by atoms with Crippen molar-refractivity contribution in [3.8, 4) is 5.75 Å². The van der Waals surface area contributed by atoms with E-state index in [2.05, 4.69) is 21.6 Å². The third kappa shape index (κ3) is 4.68. The first-order valence-corrected chi connectivity index (χ1v) is 9.22. The SMILES string of the molecule is COc1ccccc1C(CNC(=O)Nc1cccc(Cl)c1)N1CCCC1. The molecule has 0 bridgehead atoms. The number of hydrogen-bond donors (Lipinski definition) is 2. The van der Waals surface area contributed by atoms with Crippen molar-refractivity contribution >= 4 is 23.3 Å². The van der Waals surface area contributed by atoms with Crippen LogP contribution in [0.4, 0.5) is 10.5 Å². The summed E-state index contributed by atoms with van der Waals surface area (Å²) in [5, 5.41) is 6.40. The summed E-state index contributed by atoms with van der Waals surface area (Å²) in [6, 6.07) is 14.9. The van der Waals surface area contributed by atoms with Crippen LogP contribution in [0.3, 0.4) is 0 Å². The lowest BCUT2D eigenvalue weighted by Crippen LogP contribution is -2.38. The number of halogens is 1. The van der Waals surface area contributed by atoms with E-state index in [1.54, 1.807) is 25.3 Å². The van der Waals surface area contributed by atoms with Gasteiger partial charge in [-0.15, -0.1) is 0 Å². The van der Waals surface area contributed by atoms with E-state index < -0.39 is 0 Å². The van der Waals surface area contributed by atoms with Crippen molar-refractivity contribution in [1.82, 2.24) is 10.2 Å². The predicted molar refractivity (Wildman–Crippen MR) is 105 cm³/mol. The summed E-state index contributed by atoms with van der Waals surface area (Å²) < 4.78 is 5.53. The normalized spacial score (nSPS) is 15.5. The number of carbonyl (C=O) groups is 1. The Bertz CT molecular complexity index is 747. The highest BCUT2D eigenvalue weighted by atomic mass is 35.5. The van der Waals surface area contributed by atoms with Crippen LogP contribution in [0.25, 0.3) is 0 Å². The van der Waals surface area contributed by atoms with Gasteiger partial charge < -0.3 is 15.4 Å². The van der Waals surface area contributed by atoms with Crippen LogP contribution in [0, 0.1) is 0 Å². The first-order chi connectivity index (χ1) is 12.7. The second kappa shape index (κ2) is 8.92. The minimum atomic E-state index is -0.244. The minimum absolute atomic E-state index is 0.0822. The van der Waals surface area contributed by atoms with E-state index in [-0.39, 0.29) is 12.1 Å². The molecule has 5 nitrogen and oxygen atoms in total. The van der Waals surface area contributed by atoms with E-state index in [4.69, 9.17) is 16.3 Å². The van der Waals surface area contributed by atoms with Crippen LogP contribution in [-0.2, 0) is 0 Å². The molecular weight excluding hydrogens is 350 g/mol. The highest BCUT2D eigenvalue weighted by Gasteiger charge is 2.26. The Balaban J connectivity index is 1.69. The Labute approximate surface area is 159 Å². The van der Waals surface area contributed by atoms with Crippen molar-refractivity contribution < 1.29 is 9.53 Å². The molecule has 1 unspecified atom stereocenters. The number of likely N-dealkylation sites (tertiary alicyclic amines) is 1. The van der Waals surface area contributed by atoms with Crippen molar-refractivity contribution in [3.05, 3.63) is 59.1 Å². The summed E-state index contributed by atoms with van der Waals surface area (Å²) in [4.78, 5) is 14.7. The van der Waals surface area contributed by atoms with Gasteiger partial charge in [0.15, 0.2) is 0 Å². The molecule has 1 fully saturated rings. The fourth-order valence-corrected chi connectivity index (χ4v) is 3.55. The number of methoxy groups -OCH3 is 1. The first kappa shape index (κ1) is 18.5. The van der Waals surface area contributed by atoms with Crippen LogP contribution < -0.4 is 15.4 Å². The van der Waals surface area contributed by atoms with E-state index in [0.717, 1.165) is 24.4 Å². The molecule has 138 valence electrons. The van der Waals surface area contributed by atoms with Crippen molar-refractivity contribution in [3.63, 3.8) is 0 Å². The zero-order valence-corrected chi connectivity index (χ0v) is 15.6. The van der Waals surface area contributed by atoms with E-state index in [1.807, 2.05) is 24.3 Å². The van der Waals surface area contributed by atoms with E-state index in [1.165, 1.54) is 12.8 Å². The fourth-order valence-electron chi connectivity index (χ4n) is 3.36. The second-order valence-electron chi connectivity index (χ2n) is 6.35. The van der Waals surface area contributed by atoms with Crippen molar-refractivity contribution in [1.29, 1.82) is 0 Å². The molecule has 1 heterocycles. The number of hydrogen-bond acceptors (Lipinski definition) is 3. The Hall–Kier alpha value is -2.24. The summed E-state index contributed by atoms with van der Waals surface area (Å²) in [7, 11) is 1.68. The Morgan fingerprint density at radius 3 is 2.69 bits per heavy atom. The zero-order valence-electron chi connectivity index (χ0n) is 14.9. The molecule has 1 atom stereocenters. The number of amides is 2. The summed E-state index contributed by atoms with van der Waals surface area (Å²) in [6.45, 7) is 2.56. The maximum absolute atomic E-state index is 12.3. The number of nitrogens with zero attached hydrogens (tertiary/aromatic N) is 1. The molecule has 1 saturated heterocycles. The van der Waals surface area contributed by atoms with Gasteiger partial charge in [-0.25, -0.2) is 4.79 Å². The lowest BCUT2D eigenvalue weighted by Gasteiger charge is -2.29. The van der Waals surface area contributed by atoms with Gasteiger partial charge in [-0.3, -0.25) is 4.90 Å². The quantitative estimate of drug-likeness (QED) is 0.793. The van der Waals surface area contributed by atoms with Gasteiger partial charge in [0.25, 0.3) is 0 Å². The molecule has 2 N–H and O–H groups in total. The van der Waals surface area contributed by atoms with Crippen molar-refractivity contribution in [2.24, 2.45) is 0 Å². The van der Waals surface area contributed by atoms with Gasteiger partial charge in [0.05, 0.1) is 13.2 Å². The highest BCUT2D eigenvalue weighted by molar-refractivity contribution is 6.30. The summed E-state index contributed by atoms with van der Waals surface area (Å²) in [5.41, 5.74) is 1.77. The average Bonchev–Trinajstić information content (AvgIpc) is 3.17. The maximum Gasteiger partial charge on any atom is 0.319 e. The van der Waals surface area contributed by atoms with Gasteiger partial charge in [0.1, 0.15) is 5.75 Å². The molecular formula is C20H24ClN3O2. The van der Waals surface area contributed by atoms with Crippen LogP contribution in [0.5, 0.6) is 5.75 Å². The largest absolute Gasteiger partial charge is 0.496 e. The van der Waals surface area contributed by atoms with Crippen LogP contribution in [0.15, 0.2) is 48.5 Å². The smallest absolute Gasteiger partial charge is 0.319 e. The number of carbonyl (C=O) groups excluding carboxylic acids is 1. The first-order valence-electron chi connectivity index (χ1n) is 8.85. The van der Waals surface area contributed by atoms with Gasteiger partial charge in [-0.1, -0.05) is 35.9 Å². The van der Waals surface area contributed by atoms with E-state index >= 15 is 0 Å². The van der Waals surface area contributed by atoms with Crippen LogP contribution in [-0.4, -0.2) is 37.7 Å². The molecule has 6 heteroatoms. The van der Waals surface area contributed by atoms with E-state index in [0.29, 0.717) is 17.3 Å². The van der Waals surface area contributed by atoms with Gasteiger partial charge in [0, 0.05) is 22.8 Å². The summed E-state index contributed by atoms with van der Waals surface area (Å²) >= 11 is 5.96. The van der Waals surface area contributed by atoms with Gasteiger partial charge in [-0.05, 0) is 50.2 Å². The van der Waals surface area contributed by atoms with Crippen molar-refractivity contribution in [2.75, 3.05) is 32.1 Å². The number of urea groups is 1. The van der Waals surface area contributed by atoms with E-state index in [9.17, 15) is 4.79 Å². The highest BCUT2D eigenvalue weighted by Crippen LogP contribution is 2.31.